The summed E-state index contributed by atoms with van der Waals surface area (Å²) in [7, 11) is 0.504. The fourth-order valence-electron chi connectivity index (χ4n) is 1.97. The molecule has 0 N–H and O–H groups in total. The van der Waals surface area contributed by atoms with Crippen LogP contribution in [0.2, 0.25) is 0 Å². The molecule has 0 bridgehead atoms. The van der Waals surface area contributed by atoms with Crippen LogP contribution >= 0.6 is 10.7 Å². The molecule has 0 aromatic heterocycles. The molecule has 4 nitrogen and oxygen atoms in total. The Hall–Kier alpha value is -1.35. The van der Waals surface area contributed by atoms with E-state index in [1.165, 1.54) is 0 Å². The van der Waals surface area contributed by atoms with Gasteiger partial charge in [-0.05, 0) is 17.7 Å². The van der Waals surface area contributed by atoms with Crippen LogP contribution in [0.15, 0.2) is 18.2 Å². The van der Waals surface area contributed by atoms with Gasteiger partial charge in [0.25, 0.3) is 0 Å². The van der Waals surface area contributed by atoms with Crippen LogP contribution in [0.4, 0.5) is 17.6 Å². The molecule has 0 radical (unpaired) electrons. The van der Waals surface area contributed by atoms with Crippen molar-refractivity contribution in [2.24, 2.45) is 0 Å². The van der Waals surface area contributed by atoms with Gasteiger partial charge in [-0.25, -0.2) is 8.70 Å². The van der Waals surface area contributed by atoms with Crippen molar-refractivity contribution in [3.05, 3.63) is 35.1 Å². The summed E-state index contributed by atoms with van der Waals surface area (Å²) in [5.74, 6) is -2.03. The third-order valence-corrected chi connectivity index (χ3v) is 4.19. The number of nitrogens with zero attached hydrogens (tertiary/aromatic N) is 1. The molecule has 1 fully saturated rings. The lowest BCUT2D eigenvalue weighted by atomic mass is 9.92. The molecule has 1 aliphatic heterocycles. The largest absolute Gasteiger partial charge is 0.416 e. The topological polar surface area (TPSA) is 54.5 Å². The van der Waals surface area contributed by atoms with E-state index in [-0.39, 0.29) is 10.4 Å². The summed E-state index contributed by atoms with van der Waals surface area (Å²) >= 11 is 0. The average Bonchev–Trinajstić information content (AvgIpc) is 2.22. The third kappa shape index (κ3) is 2.59. The van der Waals surface area contributed by atoms with Gasteiger partial charge in [0.05, 0.1) is 18.0 Å². The molecule has 1 aliphatic rings. The van der Waals surface area contributed by atoms with Gasteiger partial charge in [0.1, 0.15) is 5.82 Å². The number of carbonyl (C=O) groups excluding carboxylic acids is 1. The Kier molecular flexibility index (Phi) is 3.45. The van der Waals surface area contributed by atoms with Crippen LogP contribution in [0.1, 0.15) is 23.6 Å². The number of halogens is 5. The Morgan fingerprint density at radius 3 is 2.35 bits per heavy atom. The van der Waals surface area contributed by atoms with E-state index in [2.05, 4.69) is 0 Å². The molecule has 110 valence electrons. The minimum absolute atomic E-state index is 0.150. The first-order valence-electron chi connectivity index (χ1n) is 5.15. The number of hydrogen-bond acceptors (Lipinski definition) is 3. The molecular weight excluding hydrogens is 326 g/mol. The summed E-state index contributed by atoms with van der Waals surface area (Å²) in [6.45, 7) is 0. The van der Waals surface area contributed by atoms with Crippen LogP contribution in [-0.2, 0) is 20.2 Å². The zero-order valence-corrected chi connectivity index (χ0v) is 11.1. The van der Waals surface area contributed by atoms with Gasteiger partial charge in [-0.3, -0.25) is 4.79 Å². The fourth-order valence-corrected chi connectivity index (χ4v) is 3.30. The first kappa shape index (κ1) is 15.0. The van der Waals surface area contributed by atoms with E-state index in [0.29, 0.717) is 0 Å². The molecule has 1 aromatic rings. The molecule has 1 unspecified atom stereocenters. The van der Waals surface area contributed by atoms with Crippen molar-refractivity contribution >= 4 is 25.8 Å². The number of β-lactam (4-membered cyclic amide) rings is 1. The maximum atomic E-state index is 12.9. The van der Waals surface area contributed by atoms with Gasteiger partial charge in [-0.2, -0.15) is 21.6 Å². The number of amides is 1. The number of carbonyl (C=O) groups is 1. The molecule has 1 heterocycles. The second-order valence-electron chi connectivity index (χ2n) is 4.08. The van der Waals surface area contributed by atoms with Crippen molar-refractivity contribution in [3.63, 3.8) is 0 Å². The SMILES string of the molecule is O=C1CC(c2ccc(F)cc2C(F)(F)F)N1S(=O)(=O)Cl. The van der Waals surface area contributed by atoms with Crippen molar-refractivity contribution in [1.29, 1.82) is 0 Å². The van der Waals surface area contributed by atoms with E-state index in [0.717, 1.165) is 12.1 Å². The lowest BCUT2D eigenvalue weighted by Gasteiger charge is -2.38. The Morgan fingerprint density at radius 1 is 1.30 bits per heavy atom. The summed E-state index contributed by atoms with van der Waals surface area (Å²) in [6, 6.07) is 0.427. The molecule has 0 spiro atoms. The highest BCUT2D eigenvalue weighted by atomic mass is 35.7. The Bertz CT molecular complexity index is 674. The zero-order chi connectivity index (χ0) is 15.3. The van der Waals surface area contributed by atoms with Crippen LogP contribution in [0.25, 0.3) is 0 Å². The second-order valence-corrected chi connectivity index (χ2v) is 6.47. The summed E-state index contributed by atoms with van der Waals surface area (Å²) in [5.41, 5.74) is -1.84. The first-order chi connectivity index (χ1) is 9.01. The molecule has 1 atom stereocenters. The van der Waals surface area contributed by atoms with Crippen molar-refractivity contribution < 1.29 is 30.8 Å². The lowest BCUT2D eigenvalue weighted by Crippen LogP contribution is -2.48. The monoisotopic (exact) mass is 331 g/mol. The number of hydrogen-bond donors (Lipinski definition) is 0. The summed E-state index contributed by atoms with van der Waals surface area (Å²) in [5, 5.41) is 0. The van der Waals surface area contributed by atoms with Gasteiger partial charge >= 0.3 is 15.4 Å². The van der Waals surface area contributed by atoms with Crippen LogP contribution in [0.3, 0.4) is 0 Å². The maximum Gasteiger partial charge on any atom is 0.416 e. The Morgan fingerprint density at radius 2 is 1.90 bits per heavy atom. The zero-order valence-electron chi connectivity index (χ0n) is 9.49. The van der Waals surface area contributed by atoms with Gasteiger partial charge in [-0.1, -0.05) is 6.07 Å². The molecule has 1 amide bonds. The standard InChI is InChI=1S/C10H6ClF4NO3S/c11-20(18,19)16-8(4-9(16)17)6-2-1-5(12)3-7(6)10(13,14)15/h1-3,8H,4H2. The maximum absolute atomic E-state index is 12.9. The Balaban J connectivity index is 2.52. The summed E-state index contributed by atoms with van der Waals surface area (Å²) < 4.78 is 73.8. The molecule has 20 heavy (non-hydrogen) atoms. The highest BCUT2D eigenvalue weighted by molar-refractivity contribution is 8.12. The van der Waals surface area contributed by atoms with E-state index >= 15 is 0 Å². The minimum atomic E-state index is -4.88. The van der Waals surface area contributed by atoms with Gasteiger partial charge in [0.2, 0.25) is 5.91 Å². The van der Waals surface area contributed by atoms with Crippen LogP contribution in [0, 0.1) is 5.82 Å². The average molecular weight is 332 g/mol. The number of alkyl halides is 3. The fraction of sp³-hybridized carbons (Fsp3) is 0.300. The van der Waals surface area contributed by atoms with Gasteiger partial charge in [0, 0.05) is 10.7 Å². The molecule has 0 aliphatic carbocycles. The lowest BCUT2D eigenvalue weighted by molar-refractivity contribution is -0.143. The van der Waals surface area contributed by atoms with Gasteiger partial charge in [-0.15, -0.1) is 0 Å². The quantitative estimate of drug-likeness (QED) is 0.475. The molecule has 2 rings (SSSR count). The summed E-state index contributed by atoms with van der Waals surface area (Å²) in [6.07, 6.45) is -5.32. The highest BCUT2D eigenvalue weighted by Gasteiger charge is 2.48. The first-order valence-corrected chi connectivity index (χ1v) is 7.42. The van der Waals surface area contributed by atoms with E-state index in [9.17, 15) is 30.8 Å². The number of rotatable bonds is 2. The predicted molar refractivity (Wildman–Crippen MR) is 60.4 cm³/mol. The molecule has 0 saturated carbocycles. The van der Waals surface area contributed by atoms with E-state index < -0.39 is 50.7 Å². The van der Waals surface area contributed by atoms with Crippen LogP contribution in [0.5, 0.6) is 0 Å². The van der Waals surface area contributed by atoms with Crippen molar-refractivity contribution in [1.82, 2.24) is 4.31 Å². The van der Waals surface area contributed by atoms with E-state index in [1.54, 1.807) is 0 Å². The third-order valence-electron chi connectivity index (χ3n) is 2.81. The van der Waals surface area contributed by atoms with Gasteiger partial charge in [0.15, 0.2) is 0 Å². The normalized spacial score (nSPS) is 19.9. The van der Waals surface area contributed by atoms with E-state index in [4.69, 9.17) is 10.7 Å². The summed E-state index contributed by atoms with van der Waals surface area (Å²) in [4.78, 5) is 11.2. The highest BCUT2D eigenvalue weighted by Crippen LogP contribution is 2.43. The molecular formula is C10H6ClF4NO3S. The Labute approximate surface area is 115 Å². The second kappa shape index (κ2) is 4.59. The van der Waals surface area contributed by atoms with Crippen LogP contribution in [-0.4, -0.2) is 18.6 Å². The molecule has 1 saturated heterocycles. The molecule has 10 heteroatoms. The molecule has 1 aromatic carbocycles. The van der Waals surface area contributed by atoms with Gasteiger partial charge < -0.3 is 0 Å². The smallest absolute Gasteiger partial charge is 0.274 e. The van der Waals surface area contributed by atoms with Crippen LogP contribution < -0.4 is 0 Å². The van der Waals surface area contributed by atoms with Crippen molar-refractivity contribution in [2.75, 3.05) is 0 Å². The van der Waals surface area contributed by atoms with Crippen molar-refractivity contribution in [3.8, 4) is 0 Å². The minimum Gasteiger partial charge on any atom is -0.274 e. The van der Waals surface area contributed by atoms with E-state index in [1.807, 2.05) is 0 Å². The predicted octanol–water partition coefficient (Wildman–Crippen LogP) is 2.60. The van der Waals surface area contributed by atoms with Crippen molar-refractivity contribution in [2.45, 2.75) is 18.6 Å². The number of benzene rings is 1.